The van der Waals surface area contributed by atoms with Crippen LogP contribution >= 0.6 is 0 Å². The number of rotatable bonds is 6. The number of hydrogen-bond donors (Lipinski definition) is 2. The van der Waals surface area contributed by atoms with Gasteiger partial charge in [0.15, 0.2) is 0 Å². The van der Waals surface area contributed by atoms with E-state index in [1.807, 2.05) is 6.92 Å². The second-order valence-corrected chi connectivity index (χ2v) is 3.97. The minimum Gasteiger partial charge on any atom is -0.480 e. The normalized spacial score (nSPS) is 17.8. The smallest absolute Gasteiger partial charge is 0.320 e. The van der Waals surface area contributed by atoms with Crippen LogP contribution in [0.1, 0.15) is 40.0 Å². The molecule has 0 amide bonds. The summed E-state index contributed by atoms with van der Waals surface area (Å²) in [5.74, 6) is -0.249. The van der Waals surface area contributed by atoms with Crippen molar-refractivity contribution in [2.45, 2.75) is 46.1 Å². The van der Waals surface area contributed by atoms with Crippen LogP contribution in [0.5, 0.6) is 0 Å². The van der Waals surface area contributed by atoms with Gasteiger partial charge in [-0.1, -0.05) is 33.6 Å². The quantitative estimate of drug-likeness (QED) is 0.667. The van der Waals surface area contributed by atoms with E-state index in [1.54, 1.807) is 0 Å². The van der Waals surface area contributed by atoms with E-state index >= 15 is 0 Å². The lowest BCUT2D eigenvalue weighted by molar-refractivity contribution is -0.139. The molecule has 0 aliphatic carbocycles. The molecule has 0 spiro atoms. The van der Waals surface area contributed by atoms with Gasteiger partial charge in [-0.05, 0) is 18.3 Å². The van der Waals surface area contributed by atoms with Crippen molar-refractivity contribution in [3.63, 3.8) is 0 Å². The van der Waals surface area contributed by atoms with Crippen molar-refractivity contribution in [1.29, 1.82) is 0 Å². The van der Waals surface area contributed by atoms with Gasteiger partial charge in [-0.25, -0.2) is 0 Å². The van der Waals surface area contributed by atoms with Crippen molar-refractivity contribution in [3.8, 4) is 0 Å². The zero-order chi connectivity index (χ0) is 10.4. The first-order valence-corrected chi connectivity index (χ1v) is 4.97. The Morgan fingerprint density at radius 3 is 2.38 bits per heavy atom. The molecule has 0 rings (SSSR count). The van der Waals surface area contributed by atoms with Crippen molar-refractivity contribution in [2.24, 2.45) is 17.6 Å². The SMILES string of the molecule is CCCC(C)CC(C)C(N)C(=O)O. The van der Waals surface area contributed by atoms with Gasteiger partial charge in [-0.2, -0.15) is 0 Å². The third-order valence-corrected chi connectivity index (χ3v) is 2.45. The van der Waals surface area contributed by atoms with Crippen LogP contribution in [-0.2, 0) is 4.79 Å². The van der Waals surface area contributed by atoms with Crippen LogP contribution in [0.2, 0.25) is 0 Å². The Kier molecular flexibility index (Phi) is 5.71. The summed E-state index contributed by atoms with van der Waals surface area (Å²) in [4.78, 5) is 10.6. The standard InChI is InChI=1S/C10H21NO2/c1-4-5-7(2)6-8(3)9(11)10(12)13/h7-9H,4-6,11H2,1-3H3,(H,12,13). The maximum Gasteiger partial charge on any atom is 0.320 e. The van der Waals surface area contributed by atoms with Gasteiger partial charge in [0.25, 0.3) is 0 Å². The highest BCUT2D eigenvalue weighted by Gasteiger charge is 2.21. The second kappa shape index (κ2) is 5.97. The van der Waals surface area contributed by atoms with Crippen molar-refractivity contribution in [3.05, 3.63) is 0 Å². The van der Waals surface area contributed by atoms with Crippen LogP contribution < -0.4 is 5.73 Å². The molecule has 0 aromatic heterocycles. The summed E-state index contributed by atoms with van der Waals surface area (Å²) in [5, 5.41) is 8.67. The fourth-order valence-corrected chi connectivity index (χ4v) is 1.64. The van der Waals surface area contributed by atoms with Gasteiger partial charge in [0.2, 0.25) is 0 Å². The highest BCUT2D eigenvalue weighted by Crippen LogP contribution is 2.18. The number of hydrogen-bond acceptors (Lipinski definition) is 2. The minimum atomic E-state index is -0.892. The molecular weight excluding hydrogens is 166 g/mol. The topological polar surface area (TPSA) is 63.3 Å². The Balaban J connectivity index is 3.84. The molecule has 0 aliphatic rings. The molecule has 0 aromatic rings. The highest BCUT2D eigenvalue weighted by atomic mass is 16.4. The highest BCUT2D eigenvalue weighted by molar-refractivity contribution is 5.73. The first kappa shape index (κ1) is 12.4. The first-order valence-electron chi connectivity index (χ1n) is 4.97. The van der Waals surface area contributed by atoms with Crippen molar-refractivity contribution < 1.29 is 9.90 Å². The van der Waals surface area contributed by atoms with Crippen LogP contribution in [0.15, 0.2) is 0 Å². The zero-order valence-corrected chi connectivity index (χ0v) is 8.79. The molecule has 3 nitrogen and oxygen atoms in total. The number of aliphatic carboxylic acids is 1. The van der Waals surface area contributed by atoms with Crippen LogP contribution in [0, 0.1) is 11.8 Å². The molecule has 3 heteroatoms. The van der Waals surface area contributed by atoms with Crippen LogP contribution in [0.3, 0.4) is 0 Å². The molecule has 0 radical (unpaired) electrons. The molecule has 78 valence electrons. The van der Waals surface area contributed by atoms with E-state index in [2.05, 4.69) is 13.8 Å². The Bertz CT molecular complexity index is 159. The molecule has 3 N–H and O–H groups in total. The summed E-state index contributed by atoms with van der Waals surface area (Å²) in [6.45, 7) is 6.19. The van der Waals surface area contributed by atoms with E-state index in [1.165, 1.54) is 0 Å². The lowest BCUT2D eigenvalue weighted by Crippen LogP contribution is -2.37. The summed E-state index contributed by atoms with van der Waals surface area (Å²) >= 11 is 0. The number of nitrogens with two attached hydrogens (primary N) is 1. The Morgan fingerprint density at radius 2 is 2.00 bits per heavy atom. The van der Waals surface area contributed by atoms with E-state index in [0.717, 1.165) is 19.3 Å². The molecule has 0 aromatic carbocycles. The Morgan fingerprint density at radius 1 is 1.46 bits per heavy atom. The lowest BCUT2D eigenvalue weighted by Gasteiger charge is -2.19. The van der Waals surface area contributed by atoms with Gasteiger partial charge in [-0.3, -0.25) is 4.79 Å². The van der Waals surface area contributed by atoms with Gasteiger partial charge in [0.1, 0.15) is 6.04 Å². The van der Waals surface area contributed by atoms with E-state index in [9.17, 15) is 4.79 Å². The van der Waals surface area contributed by atoms with Gasteiger partial charge in [0.05, 0.1) is 0 Å². The van der Waals surface area contributed by atoms with Crippen molar-refractivity contribution >= 4 is 5.97 Å². The lowest BCUT2D eigenvalue weighted by atomic mass is 9.89. The number of carboxylic acid groups (broad SMARTS) is 1. The van der Waals surface area contributed by atoms with Gasteiger partial charge in [0, 0.05) is 0 Å². The van der Waals surface area contributed by atoms with E-state index < -0.39 is 12.0 Å². The molecule has 3 atom stereocenters. The molecule has 0 heterocycles. The number of carboxylic acids is 1. The van der Waals surface area contributed by atoms with Crippen LogP contribution in [-0.4, -0.2) is 17.1 Å². The largest absolute Gasteiger partial charge is 0.480 e. The molecule has 0 bridgehead atoms. The summed E-state index contributed by atoms with van der Waals surface area (Å²) in [6.07, 6.45) is 3.20. The van der Waals surface area contributed by atoms with Crippen LogP contribution in [0.4, 0.5) is 0 Å². The average Bonchev–Trinajstić information content (AvgIpc) is 2.03. The van der Waals surface area contributed by atoms with Gasteiger partial charge in [-0.15, -0.1) is 0 Å². The second-order valence-electron chi connectivity index (χ2n) is 3.97. The maximum atomic E-state index is 10.6. The molecule has 0 saturated heterocycles. The summed E-state index contributed by atoms with van der Waals surface area (Å²) in [6, 6.07) is -0.709. The van der Waals surface area contributed by atoms with Crippen molar-refractivity contribution in [1.82, 2.24) is 0 Å². The third kappa shape index (κ3) is 4.88. The van der Waals surface area contributed by atoms with E-state index in [-0.39, 0.29) is 5.92 Å². The molecule has 13 heavy (non-hydrogen) atoms. The van der Waals surface area contributed by atoms with Gasteiger partial charge >= 0.3 is 5.97 Å². The first-order chi connectivity index (χ1) is 5.99. The zero-order valence-electron chi connectivity index (χ0n) is 8.79. The molecule has 3 unspecified atom stereocenters. The Hall–Kier alpha value is -0.570. The fourth-order valence-electron chi connectivity index (χ4n) is 1.64. The number of carbonyl (C=O) groups is 1. The predicted octanol–water partition coefficient (Wildman–Crippen LogP) is 1.86. The molecule has 0 fully saturated rings. The Labute approximate surface area is 80.3 Å². The minimum absolute atomic E-state index is 0.0686. The fraction of sp³-hybridized carbons (Fsp3) is 0.900. The molecular formula is C10H21NO2. The average molecular weight is 187 g/mol. The van der Waals surface area contributed by atoms with Gasteiger partial charge < -0.3 is 10.8 Å². The monoisotopic (exact) mass is 187 g/mol. The van der Waals surface area contributed by atoms with Crippen LogP contribution in [0.25, 0.3) is 0 Å². The summed E-state index contributed by atoms with van der Waals surface area (Å²) in [7, 11) is 0. The predicted molar refractivity (Wildman–Crippen MR) is 53.5 cm³/mol. The van der Waals surface area contributed by atoms with E-state index in [4.69, 9.17) is 10.8 Å². The summed E-state index contributed by atoms with van der Waals surface area (Å²) < 4.78 is 0. The molecule has 0 saturated carbocycles. The van der Waals surface area contributed by atoms with E-state index in [0.29, 0.717) is 5.92 Å². The third-order valence-electron chi connectivity index (χ3n) is 2.45. The molecule has 0 aliphatic heterocycles. The van der Waals surface area contributed by atoms with Crippen molar-refractivity contribution in [2.75, 3.05) is 0 Å². The maximum absolute atomic E-state index is 10.6. The summed E-state index contributed by atoms with van der Waals surface area (Å²) in [5.41, 5.74) is 5.50.